The quantitative estimate of drug-likeness (QED) is 0.908. The summed E-state index contributed by atoms with van der Waals surface area (Å²) in [6, 6.07) is 6.48. The van der Waals surface area contributed by atoms with E-state index in [4.69, 9.17) is 16.3 Å². The molecule has 1 saturated heterocycles. The summed E-state index contributed by atoms with van der Waals surface area (Å²) >= 11 is 6.24. The predicted molar refractivity (Wildman–Crippen MR) is 75.4 cm³/mol. The molecule has 18 heavy (non-hydrogen) atoms. The molecule has 1 aliphatic heterocycles. The van der Waals surface area contributed by atoms with Crippen molar-refractivity contribution in [2.24, 2.45) is 0 Å². The van der Waals surface area contributed by atoms with E-state index in [9.17, 15) is 0 Å². The van der Waals surface area contributed by atoms with E-state index in [1.165, 1.54) is 12.8 Å². The van der Waals surface area contributed by atoms with Crippen LogP contribution in [0.4, 0.5) is 0 Å². The van der Waals surface area contributed by atoms with Crippen molar-refractivity contribution in [3.8, 4) is 5.75 Å². The fourth-order valence-corrected chi connectivity index (χ4v) is 2.62. The van der Waals surface area contributed by atoms with Crippen molar-refractivity contribution in [3.05, 3.63) is 28.8 Å². The molecule has 0 amide bonds. The number of ether oxygens (including phenoxy) is 1. The molecule has 0 atom stereocenters. The zero-order valence-corrected chi connectivity index (χ0v) is 11.8. The molecule has 0 unspecified atom stereocenters. The van der Waals surface area contributed by atoms with E-state index in [0.717, 1.165) is 36.0 Å². The summed E-state index contributed by atoms with van der Waals surface area (Å²) in [7, 11) is 3.86. The van der Waals surface area contributed by atoms with Crippen molar-refractivity contribution in [1.82, 2.24) is 10.2 Å². The van der Waals surface area contributed by atoms with Crippen molar-refractivity contribution >= 4 is 11.6 Å². The lowest BCUT2D eigenvalue weighted by Gasteiger charge is -2.31. The topological polar surface area (TPSA) is 24.5 Å². The van der Waals surface area contributed by atoms with Crippen LogP contribution in [0.3, 0.4) is 0 Å². The monoisotopic (exact) mass is 268 g/mol. The molecular weight excluding hydrogens is 248 g/mol. The zero-order valence-electron chi connectivity index (χ0n) is 11.1. The van der Waals surface area contributed by atoms with Crippen molar-refractivity contribution in [1.29, 1.82) is 0 Å². The third kappa shape index (κ3) is 3.37. The van der Waals surface area contributed by atoms with Gasteiger partial charge in [0.1, 0.15) is 5.75 Å². The third-order valence-corrected chi connectivity index (χ3v) is 3.97. The minimum atomic E-state index is 0.647. The molecule has 4 heteroatoms. The van der Waals surface area contributed by atoms with Crippen molar-refractivity contribution in [2.45, 2.75) is 25.4 Å². The van der Waals surface area contributed by atoms with Gasteiger partial charge in [-0.3, -0.25) is 4.90 Å². The highest BCUT2D eigenvalue weighted by atomic mass is 35.5. The van der Waals surface area contributed by atoms with E-state index in [1.807, 2.05) is 18.2 Å². The molecule has 0 bridgehead atoms. The Morgan fingerprint density at radius 3 is 2.78 bits per heavy atom. The van der Waals surface area contributed by atoms with E-state index >= 15 is 0 Å². The molecule has 100 valence electrons. The Morgan fingerprint density at radius 1 is 1.39 bits per heavy atom. The molecule has 0 saturated carbocycles. The van der Waals surface area contributed by atoms with Gasteiger partial charge in [-0.2, -0.15) is 0 Å². The van der Waals surface area contributed by atoms with Crippen LogP contribution in [-0.4, -0.2) is 38.2 Å². The van der Waals surface area contributed by atoms with E-state index in [-0.39, 0.29) is 0 Å². The van der Waals surface area contributed by atoms with Crippen LogP contribution in [0.2, 0.25) is 5.02 Å². The molecule has 0 aliphatic carbocycles. The second kappa shape index (κ2) is 6.41. The van der Waals surface area contributed by atoms with E-state index < -0.39 is 0 Å². The average molecular weight is 269 g/mol. The number of methoxy groups -OCH3 is 1. The molecule has 1 aromatic rings. The van der Waals surface area contributed by atoms with E-state index in [1.54, 1.807) is 7.11 Å². The largest absolute Gasteiger partial charge is 0.497 e. The summed E-state index contributed by atoms with van der Waals surface area (Å²) < 4.78 is 5.25. The van der Waals surface area contributed by atoms with Gasteiger partial charge in [-0.1, -0.05) is 11.6 Å². The Kier molecular flexibility index (Phi) is 4.87. The lowest BCUT2D eigenvalue weighted by molar-refractivity contribution is 0.191. The van der Waals surface area contributed by atoms with Gasteiger partial charge in [0.15, 0.2) is 0 Å². The van der Waals surface area contributed by atoms with Gasteiger partial charge in [-0.25, -0.2) is 0 Å². The molecule has 2 rings (SSSR count). The molecule has 1 aliphatic rings. The maximum Gasteiger partial charge on any atom is 0.119 e. The molecular formula is C14H21ClN2O. The van der Waals surface area contributed by atoms with Crippen LogP contribution in [0.1, 0.15) is 18.4 Å². The highest BCUT2D eigenvalue weighted by molar-refractivity contribution is 6.31. The normalized spacial score (nSPS) is 17.1. The van der Waals surface area contributed by atoms with Gasteiger partial charge in [0, 0.05) is 17.6 Å². The first-order chi connectivity index (χ1) is 8.70. The van der Waals surface area contributed by atoms with Crippen LogP contribution in [-0.2, 0) is 6.54 Å². The Bertz CT molecular complexity index is 391. The van der Waals surface area contributed by atoms with E-state index in [0.29, 0.717) is 6.04 Å². The summed E-state index contributed by atoms with van der Waals surface area (Å²) in [5.74, 6) is 0.869. The second-order valence-corrected chi connectivity index (χ2v) is 5.26. The van der Waals surface area contributed by atoms with Crippen molar-refractivity contribution in [3.63, 3.8) is 0 Å². The SMILES string of the molecule is COc1ccc(Cl)c(CN(C)C2CCNCC2)c1. The fourth-order valence-electron chi connectivity index (χ4n) is 2.44. The number of nitrogens with one attached hydrogen (secondary N) is 1. The van der Waals surface area contributed by atoms with Gasteiger partial charge < -0.3 is 10.1 Å². The first-order valence-electron chi connectivity index (χ1n) is 6.44. The van der Waals surface area contributed by atoms with Crippen LogP contribution >= 0.6 is 11.6 Å². The number of rotatable bonds is 4. The standard InChI is InChI=1S/C14H21ClN2O/c1-17(12-5-7-16-8-6-12)10-11-9-13(18-2)3-4-14(11)15/h3-4,9,12,16H,5-8,10H2,1-2H3. The van der Waals surface area contributed by atoms with Gasteiger partial charge in [0.05, 0.1) is 7.11 Å². The molecule has 1 heterocycles. The Balaban J connectivity index is 2.03. The summed E-state index contributed by atoms with van der Waals surface area (Å²) in [5, 5.41) is 4.21. The molecule has 1 N–H and O–H groups in total. The number of piperidine rings is 1. The second-order valence-electron chi connectivity index (χ2n) is 4.85. The molecule has 0 aromatic heterocycles. The first kappa shape index (κ1) is 13.7. The smallest absolute Gasteiger partial charge is 0.119 e. The van der Waals surface area contributed by atoms with Crippen LogP contribution in [0.25, 0.3) is 0 Å². The molecule has 1 aromatic carbocycles. The minimum Gasteiger partial charge on any atom is -0.497 e. The minimum absolute atomic E-state index is 0.647. The lowest BCUT2D eigenvalue weighted by atomic mass is 10.0. The maximum absolute atomic E-state index is 6.24. The number of nitrogens with zero attached hydrogens (tertiary/aromatic N) is 1. The molecule has 1 fully saturated rings. The van der Waals surface area contributed by atoms with Gasteiger partial charge in [-0.15, -0.1) is 0 Å². The predicted octanol–water partition coefficient (Wildman–Crippen LogP) is 2.53. The van der Waals surface area contributed by atoms with Crippen LogP contribution in [0.15, 0.2) is 18.2 Å². The molecule has 3 nitrogen and oxygen atoms in total. The maximum atomic E-state index is 6.24. The van der Waals surface area contributed by atoms with E-state index in [2.05, 4.69) is 17.3 Å². The summed E-state index contributed by atoms with van der Waals surface area (Å²) in [6.45, 7) is 3.10. The molecule has 0 radical (unpaired) electrons. The Labute approximate surface area is 114 Å². The average Bonchev–Trinajstić information content (AvgIpc) is 2.42. The number of hydrogen-bond donors (Lipinski definition) is 1. The highest BCUT2D eigenvalue weighted by Gasteiger charge is 2.18. The zero-order chi connectivity index (χ0) is 13.0. The summed E-state index contributed by atoms with van der Waals surface area (Å²) in [5.41, 5.74) is 1.14. The van der Waals surface area contributed by atoms with Crippen molar-refractivity contribution in [2.75, 3.05) is 27.2 Å². The number of hydrogen-bond acceptors (Lipinski definition) is 3. The van der Waals surface area contributed by atoms with Gasteiger partial charge >= 0.3 is 0 Å². The van der Waals surface area contributed by atoms with Gasteiger partial charge in [0.25, 0.3) is 0 Å². The van der Waals surface area contributed by atoms with Crippen LogP contribution < -0.4 is 10.1 Å². The highest BCUT2D eigenvalue weighted by Crippen LogP contribution is 2.24. The lowest BCUT2D eigenvalue weighted by Crippen LogP contribution is -2.40. The summed E-state index contributed by atoms with van der Waals surface area (Å²) in [4.78, 5) is 2.39. The fraction of sp³-hybridized carbons (Fsp3) is 0.571. The van der Waals surface area contributed by atoms with Crippen LogP contribution in [0, 0.1) is 0 Å². The van der Waals surface area contributed by atoms with Gasteiger partial charge in [-0.05, 0) is 56.7 Å². The molecule has 0 spiro atoms. The third-order valence-electron chi connectivity index (χ3n) is 3.60. The van der Waals surface area contributed by atoms with Crippen molar-refractivity contribution < 1.29 is 4.74 Å². The number of benzene rings is 1. The summed E-state index contributed by atoms with van der Waals surface area (Å²) in [6.07, 6.45) is 2.41. The number of halogens is 1. The van der Waals surface area contributed by atoms with Gasteiger partial charge in [0.2, 0.25) is 0 Å². The first-order valence-corrected chi connectivity index (χ1v) is 6.82. The Hall–Kier alpha value is -0.770. The Morgan fingerprint density at radius 2 is 2.11 bits per heavy atom. The van der Waals surface area contributed by atoms with Crippen LogP contribution in [0.5, 0.6) is 5.75 Å².